The first-order valence-corrected chi connectivity index (χ1v) is 10.4. The van der Waals surface area contributed by atoms with Gasteiger partial charge in [0, 0.05) is 29.3 Å². The molecule has 5 nitrogen and oxygen atoms in total. The zero-order chi connectivity index (χ0) is 22.3. The summed E-state index contributed by atoms with van der Waals surface area (Å²) in [5, 5.41) is 11.2. The standard InChI is InChI=1S/C25H26FN3O2/c1-4-5-16-8-6-14(13-28-16)10-18-20(26)12-19(24(27)30)23-22(18)17-9-7-15(25(2,3)31)11-21(17)29-23/h6,8,12-13,15,29,31H,7,9-11H2,1-3H3,(H2,27,30). The van der Waals surface area contributed by atoms with Crippen LogP contribution in [0.2, 0.25) is 0 Å². The maximum Gasteiger partial charge on any atom is 0.250 e. The van der Waals surface area contributed by atoms with E-state index in [1.165, 1.54) is 6.07 Å². The van der Waals surface area contributed by atoms with Gasteiger partial charge in [-0.25, -0.2) is 9.37 Å². The number of hydrogen-bond donors (Lipinski definition) is 3. The summed E-state index contributed by atoms with van der Waals surface area (Å²) in [7, 11) is 0. The van der Waals surface area contributed by atoms with E-state index in [0.29, 0.717) is 36.0 Å². The van der Waals surface area contributed by atoms with Crippen molar-refractivity contribution in [2.24, 2.45) is 11.7 Å². The number of aryl methyl sites for hydroxylation is 1. The smallest absolute Gasteiger partial charge is 0.250 e. The van der Waals surface area contributed by atoms with E-state index < -0.39 is 17.3 Å². The molecule has 4 N–H and O–H groups in total. The number of aliphatic hydroxyl groups is 1. The summed E-state index contributed by atoms with van der Waals surface area (Å²) in [4.78, 5) is 19.7. The highest BCUT2D eigenvalue weighted by atomic mass is 19.1. The van der Waals surface area contributed by atoms with E-state index in [9.17, 15) is 9.90 Å². The van der Waals surface area contributed by atoms with Gasteiger partial charge in [-0.3, -0.25) is 4.79 Å². The van der Waals surface area contributed by atoms with Crippen molar-refractivity contribution in [1.82, 2.24) is 9.97 Å². The lowest BCUT2D eigenvalue weighted by atomic mass is 9.77. The normalized spacial score (nSPS) is 16.0. The third-order valence-electron chi connectivity index (χ3n) is 6.24. The van der Waals surface area contributed by atoms with Gasteiger partial charge in [-0.1, -0.05) is 12.0 Å². The summed E-state index contributed by atoms with van der Waals surface area (Å²) >= 11 is 0. The van der Waals surface area contributed by atoms with Crippen LogP contribution in [0.5, 0.6) is 0 Å². The summed E-state index contributed by atoms with van der Waals surface area (Å²) in [6, 6.07) is 4.93. The number of H-pyrrole nitrogens is 1. The minimum absolute atomic E-state index is 0.0785. The molecule has 0 saturated carbocycles. The van der Waals surface area contributed by atoms with E-state index >= 15 is 4.39 Å². The number of hydrogen-bond acceptors (Lipinski definition) is 3. The molecule has 1 aromatic carbocycles. The van der Waals surface area contributed by atoms with Crippen molar-refractivity contribution in [1.29, 1.82) is 0 Å². The fraction of sp³-hybridized carbons (Fsp3) is 0.360. The number of rotatable bonds is 4. The molecular formula is C25H26FN3O2. The Morgan fingerprint density at radius 2 is 2.19 bits per heavy atom. The van der Waals surface area contributed by atoms with Crippen LogP contribution in [0.15, 0.2) is 24.4 Å². The van der Waals surface area contributed by atoms with E-state index in [2.05, 4.69) is 21.8 Å². The lowest BCUT2D eigenvalue weighted by Crippen LogP contribution is -2.35. The molecule has 2 aromatic heterocycles. The number of carbonyl (C=O) groups excluding carboxylic acids is 1. The zero-order valence-corrected chi connectivity index (χ0v) is 18.0. The Morgan fingerprint density at radius 1 is 1.42 bits per heavy atom. The van der Waals surface area contributed by atoms with Gasteiger partial charge in [0.1, 0.15) is 11.5 Å². The van der Waals surface area contributed by atoms with Gasteiger partial charge in [0.05, 0.1) is 16.7 Å². The number of nitrogens with one attached hydrogen (secondary N) is 1. The summed E-state index contributed by atoms with van der Waals surface area (Å²) in [6.07, 6.45) is 4.17. The van der Waals surface area contributed by atoms with Crippen LogP contribution in [0.1, 0.15) is 65.6 Å². The number of aromatic nitrogens is 2. The Balaban J connectivity index is 1.84. The number of nitrogens with two attached hydrogens (primary N) is 1. The summed E-state index contributed by atoms with van der Waals surface area (Å²) in [6.45, 7) is 5.37. The van der Waals surface area contributed by atoms with Crippen LogP contribution in [0.4, 0.5) is 4.39 Å². The van der Waals surface area contributed by atoms with Crippen LogP contribution in [0, 0.1) is 23.6 Å². The van der Waals surface area contributed by atoms with Crippen molar-refractivity contribution in [2.75, 3.05) is 0 Å². The van der Waals surface area contributed by atoms with Crippen molar-refractivity contribution in [3.8, 4) is 11.8 Å². The Kier molecular flexibility index (Phi) is 5.32. The van der Waals surface area contributed by atoms with Crippen LogP contribution < -0.4 is 5.73 Å². The summed E-state index contributed by atoms with van der Waals surface area (Å²) in [5.74, 6) is 4.67. The fourth-order valence-electron chi connectivity index (χ4n) is 4.55. The van der Waals surface area contributed by atoms with Gasteiger partial charge in [-0.15, -0.1) is 0 Å². The van der Waals surface area contributed by atoms with Gasteiger partial charge < -0.3 is 15.8 Å². The molecule has 1 atom stereocenters. The van der Waals surface area contributed by atoms with Gasteiger partial charge in [0.2, 0.25) is 0 Å². The topological polar surface area (TPSA) is 92.0 Å². The van der Waals surface area contributed by atoms with E-state index in [1.807, 2.05) is 26.0 Å². The van der Waals surface area contributed by atoms with E-state index in [-0.39, 0.29) is 11.5 Å². The lowest BCUT2D eigenvalue weighted by molar-refractivity contribution is 0.0107. The molecular weight excluding hydrogens is 393 g/mol. The van der Waals surface area contributed by atoms with Gasteiger partial charge in [0.25, 0.3) is 5.91 Å². The van der Waals surface area contributed by atoms with Crippen LogP contribution in [0.25, 0.3) is 10.9 Å². The molecule has 31 heavy (non-hydrogen) atoms. The molecule has 1 unspecified atom stereocenters. The van der Waals surface area contributed by atoms with Gasteiger partial charge in [-0.05, 0) is 75.1 Å². The average Bonchev–Trinajstić information content (AvgIpc) is 3.09. The third-order valence-corrected chi connectivity index (χ3v) is 6.24. The molecule has 0 fully saturated rings. The molecule has 0 spiro atoms. The number of halogens is 1. The van der Waals surface area contributed by atoms with Crippen LogP contribution >= 0.6 is 0 Å². The van der Waals surface area contributed by atoms with E-state index in [1.54, 1.807) is 13.1 Å². The number of carbonyl (C=O) groups is 1. The van der Waals surface area contributed by atoms with Crippen LogP contribution in [-0.2, 0) is 19.3 Å². The maximum absolute atomic E-state index is 15.2. The summed E-state index contributed by atoms with van der Waals surface area (Å²) in [5.41, 5.74) is 9.46. The number of benzene rings is 1. The molecule has 0 saturated heterocycles. The Bertz CT molecular complexity index is 1220. The number of fused-ring (bicyclic) bond motifs is 3. The van der Waals surface area contributed by atoms with E-state index in [4.69, 9.17) is 5.73 Å². The molecule has 3 aromatic rings. The second-order valence-electron chi connectivity index (χ2n) is 8.78. The highest BCUT2D eigenvalue weighted by molar-refractivity contribution is 6.07. The monoisotopic (exact) mass is 419 g/mol. The Labute approximate surface area is 180 Å². The molecule has 160 valence electrons. The van der Waals surface area contributed by atoms with Crippen LogP contribution in [-0.4, -0.2) is 26.6 Å². The molecule has 0 aliphatic heterocycles. The lowest BCUT2D eigenvalue weighted by Gasteiger charge is -2.32. The van der Waals surface area contributed by atoms with Gasteiger partial charge in [-0.2, -0.15) is 0 Å². The maximum atomic E-state index is 15.2. The second-order valence-corrected chi connectivity index (χ2v) is 8.78. The molecule has 1 aliphatic rings. The Hall–Kier alpha value is -3.17. The van der Waals surface area contributed by atoms with E-state index in [0.717, 1.165) is 28.6 Å². The minimum atomic E-state index is -0.815. The number of amides is 1. The second kappa shape index (κ2) is 7.82. The molecule has 1 aliphatic carbocycles. The minimum Gasteiger partial charge on any atom is -0.390 e. The SMILES string of the molecule is CC#Cc1ccc(Cc2c(F)cc(C(N)=O)c3[nH]c4c(c23)CCC(C(C)(C)O)C4)cn1. The van der Waals surface area contributed by atoms with Crippen LogP contribution in [0.3, 0.4) is 0 Å². The molecule has 1 amide bonds. The van der Waals surface area contributed by atoms with Crippen molar-refractivity contribution in [2.45, 2.75) is 52.1 Å². The fourth-order valence-corrected chi connectivity index (χ4v) is 4.55. The predicted molar refractivity (Wildman–Crippen MR) is 118 cm³/mol. The first-order chi connectivity index (χ1) is 14.7. The average molecular weight is 420 g/mol. The van der Waals surface area contributed by atoms with Crippen molar-refractivity contribution < 1.29 is 14.3 Å². The third kappa shape index (κ3) is 3.94. The Morgan fingerprint density at radius 3 is 2.81 bits per heavy atom. The number of nitrogens with zero attached hydrogens (tertiary/aromatic N) is 1. The zero-order valence-electron chi connectivity index (χ0n) is 18.0. The number of pyridine rings is 1. The number of aromatic amines is 1. The van der Waals surface area contributed by atoms with Crippen molar-refractivity contribution in [3.63, 3.8) is 0 Å². The highest BCUT2D eigenvalue weighted by Crippen LogP contribution is 2.39. The van der Waals surface area contributed by atoms with Crippen molar-refractivity contribution >= 4 is 16.8 Å². The molecule has 6 heteroatoms. The predicted octanol–water partition coefficient (Wildman–Crippen LogP) is 3.64. The largest absolute Gasteiger partial charge is 0.390 e. The van der Waals surface area contributed by atoms with Gasteiger partial charge >= 0.3 is 0 Å². The van der Waals surface area contributed by atoms with Crippen molar-refractivity contribution in [3.05, 3.63) is 63.9 Å². The first-order valence-electron chi connectivity index (χ1n) is 10.4. The molecule has 2 heterocycles. The molecule has 0 bridgehead atoms. The summed E-state index contributed by atoms with van der Waals surface area (Å²) < 4.78 is 15.2. The van der Waals surface area contributed by atoms with Gasteiger partial charge in [0.15, 0.2) is 0 Å². The first kappa shape index (κ1) is 21.1. The quantitative estimate of drug-likeness (QED) is 0.564. The molecule has 4 rings (SSSR count). The highest BCUT2D eigenvalue weighted by Gasteiger charge is 2.33. The number of primary amides is 1. The molecule has 0 radical (unpaired) electrons.